The number of benzene rings is 1. The van der Waals surface area contributed by atoms with Crippen molar-refractivity contribution in [3.05, 3.63) is 34.9 Å². The quantitative estimate of drug-likeness (QED) is 0.812. The third kappa shape index (κ3) is 4.10. The normalized spacial score (nSPS) is 37.2. The van der Waals surface area contributed by atoms with Crippen molar-refractivity contribution in [2.45, 2.75) is 57.2 Å². The van der Waals surface area contributed by atoms with Crippen LogP contribution in [0.25, 0.3) is 0 Å². The Labute approximate surface area is 173 Å². The molecule has 5 heteroatoms. The van der Waals surface area contributed by atoms with Crippen molar-refractivity contribution < 1.29 is 9.53 Å². The predicted molar refractivity (Wildman–Crippen MR) is 110 cm³/mol. The van der Waals surface area contributed by atoms with Crippen molar-refractivity contribution in [1.82, 2.24) is 10.2 Å². The Bertz CT molecular complexity index is 679. The fourth-order valence-electron chi connectivity index (χ4n) is 6.51. The molecule has 1 aromatic carbocycles. The predicted octanol–water partition coefficient (Wildman–Crippen LogP) is 3.87. The number of amides is 1. The molecule has 1 N–H and O–H groups in total. The lowest BCUT2D eigenvalue weighted by molar-refractivity contribution is -0.130. The summed E-state index contributed by atoms with van der Waals surface area (Å²) in [6.45, 7) is 3.31. The highest BCUT2D eigenvalue weighted by atomic mass is 35.5. The molecular formula is C23H31ClN2O2. The van der Waals surface area contributed by atoms with Gasteiger partial charge in [-0.3, -0.25) is 9.69 Å². The van der Waals surface area contributed by atoms with Crippen LogP contribution in [-0.2, 0) is 16.1 Å². The van der Waals surface area contributed by atoms with E-state index in [1.807, 2.05) is 12.1 Å². The summed E-state index contributed by atoms with van der Waals surface area (Å²) in [5.74, 6) is 3.54. The van der Waals surface area contributed by atoms with Crippen LogP contribution in [0.3, 0.4) is 0 Å². The number of halogens is 1. The van der Waals surface area contributed by atoms with Gasteiger partial charge in [0.05, 0.1) is 19.1 Å². The molecule has 1 saturated heterocycles. The summed E-state index contributed by atoms with van der Waals surface area (Å²) in [5, 5.41) is 4.20. The largest absolute Gasteiger partial charge is 0.375 e. The molecule has 4 bridgehead atoms. The van der Waals surface area contributed by atoms with Gasteiger partial charge in [-0.2, -0.15) is 0 Å². The van der Waals surface area contributed by atoms with Crippen LogP contribution in [0.4, 0.5) is 0 Å². The molecule has 6 rings (SSSR count). The van der Waals surface area contributed by atoms with Gasteiger partial charge in [-0.1, -0.05) is 23.7 Å². The van der Waals surface area contributed by atoms with Crippen LogP contribution in [0.5, 0.6) is 0 Å². The second kappa shape index (κ2) is 7.97. The number of carbonyl (C=O) groups is 1. The van der Waals surface area contributed by atoms with E-state index in [4.69, 9.17) is 16.3 Å². The highest BCUT2D eigenvalue weighted by molar-refractivity contribution is 6.30. The van der Waals surface area contributed by atoms with Crippen molar-refractivity contribution in [3.63, 3.8) is 0 Å². The summed E-state index contributed by atoms with van der Waals surface area (Å²) in [5.41, 5.74) is 1.25. The Balaban J connectivity index is 1.13. The first-order chi connectivity index (χ1) is 13.6. The molecule has 28 heavy (non-hydrogen) atoms. The van der Waals surface area contributed by atoms with Crippen molar-refractivity contribution >= 4 is 17.5 Å². The molecular weight excluding hydrogens is 372 g/mol. The third-order valence-corrected chi connectivity index (χ3v) is 7.76. The zero-order chi connectivity index (χ0) is 19.1. The average molecular weight is 403 g/mol. The lowest BCUT2D eigenvalue weighted by Gasteiger charge is -2.54. The molecule has 5 aliphatic rings. The van der Waals surface area contributed by atoms with Crippen LogP contribution in [0, 0.1) is 23.7 Å². The number of carbonyl (C=O) groups excluding carboxylic acids is 1. The van der Waals surface area contributed by atoms with Gasteiger partial charge in [0, 0.05) is 30.7 Å². The molecule has 1 unspecified atom stereocenters. The second-order valence-electron chi connectivity index (χ2n) is 9.58. The van der Waals surface area contributed by atoms with E-state index in [1.165, 1.54) is 37.7 Å². The van der Waals surface area contributed by atoms with Gasteiger partial charge in [0.25, 0.3) is 0 Å². The van der Waals surface area contributed by atoms with Crippen LogP contribution in [0.15, 0.2) is 24.3 Å². The minimum atomic E-state index is -0.00196. The summed E-state index contributed by atoms with van der Waals surface area (Å²) in [7, 11) is 0. The number of hydrogen-bond acceptors (Lipinski definition) is 3. The number of nitrogens with one attached hydrogen (secondary N) is 1. The van der Waals surface area contributed by atoms with E-state index in [0.717, 1.165) is 48.3 Å². The van der Waals surface area contributed by atoms with Crippen molar-refractivity contribution in [2.75, 3.05) is 19.7 Å². The zero-order valence-electron chi connectivity index (χ0n) is 16.5. The van der Waals surface area contributed by atoms with Crippen molar-refractivity contribution in [1.29, 1.82) is 0 Å². The minimum absolute atomic E-state index is 0.00196. The highest BCUT2D eigenvalue weighted by Gasteiger charge is 2.48. The topological polar surface area (TPSA) is 41.6 Å². The maximum atomic E-state index is 12.8. The molecule has 4 saturated carbocycles. The molecule has 1 aromatic rings. The molecule has 0 spiro atoms. The van der Waals surface area contributed by atoms with Crippen LogP contribution in [-0.4, -0.2) is 42.6 Å². The van der Waals surface area contributed by atoms with Crippen molar-refractivity contribution in [3.8, 4) is 0 Å². The number of morpholine rings is 1. The Hall–Kier alpha value is -1.10. The maximum Gasteiger partial charge on any atom is 0.222 e. The number of nitrogens with zero attached hydrogens (tertiary/aromatic N) is 1. The van der Waals surface area contributed by atoms with Gasteiger partial charge in [-0.15, -0.1) is 0 Å². The van der Waals surface area contributed by atoms with Gasteiger partial charge in [-0.25, -0.2) is 0 Å². The summed E-state index contributed by atoms with van der Waals surface area (Å²) in [6, 6.07) is 8.45. The van der Waals surface area contributed by atoms with E-state index < -0.39 is 0 Å². The van der Waals surface area contributed by atoms with Crippen LogP contribution in [0.1, 0.15) is 44.1 Å². The molecule has 5 fully saturated rings. The van der Waals surface area contributed by atoms with Crippen LogP contribution >= 0.6 is 11.6 Å². The van der Waals surface area contributed by atoms with Gasteiger partial charge >= 0.3 is 0 Å². The van der Waals surface area contributed by atoms with Crippen LogP contribution in [0.2, 0.25) is 5.02 Å². The molecule has 1 aliphatic heterocycles. The summed E-state index contributed by atoms with van der Waals surface area (Å²) < 4.78 is 5.92. The molecule has 4 aliphatic carbocycles. The molecule has 1 amide bonds. The Kier molecular flexibility index (Phi) is 5.38. The van der Waals surface area contributed by atoms with Gasteiger partial charge in [-0.05, 0) is 73.5 Å². The second-order valence-corrected chi connectivity index (χ2v) is 10.0. The summed E-state index contributed by atoms with van der Waals surface area (Å²) in [4.78, 5) is 15.2. The number of ether oxygens (including phenoxy) is 1. The highest BCUT2D eigenvalue weighted by Crippen LogP contribution is 2.53. The fraction of sp³-hybridized carbons (Fsp3) is 0.696. The standard InChI is InChI=1S/C23H31ClN2O2/c24-20-3-1-15(2-4-20)13-26-5-6-28-21(14-26)12-22(27)25-23-18-8-16-7-17(10-18)11-19(23)9-16/h1-4,16-19,21,23H,5-14H2,(H,25,27). The molecule has 1 heterocycles. The van der Waals surface area contributed by atoms with Gasteiger partial charge in [0.1, 0.15) is 0 Å². The van der Waals surface area contributed by atoms with E-state index in [9.17, 15) is 4.79 Å². The Morgan fingerprint density at radius 2 is 1.75 bits per heavy atom. The van der Waals surface area contributed by atoms with Gasteiger partial charge < -0.3 is 10.1 Å². The monoisotopic (exact) mass is 402 g/mol. The number of rotatable bonds is 5. The SMILES string of the molecule is O=C(CC1CN(Cc2ccc(Cl)cc2)CCO1)NC1C2CC3CC(C2)CC1C3. The molecule has 4 nitrogen and oxygen atoms in total. The van der Waals surface area contributed by atoms with E-state index in [1.54, 1.807) is 0 Å². The lowest BCUT2D eigenvalue weighted by atomic mass is 9.54. The van der Waals surface area contributed by atoms with E-state index in [2.05, 4.69) is 22.3 Å². The van der Waals surface area contributed by atoms with Gasteiger partial charge in [0.2, 0.25) is 5.91 Å². The van der Waals surface area contributed by atoms with E-state index >= 15 is 0 Å². The molecule has 0 aromatic heterocycles. The first-order valence-electron chi connectivity index (χ1n) is 11.0. The summed E-state index contributed by atoms with van der Waals surface area (Å²) >= 11 is 5.98. The third-order valence-electron chi connectivity index (χ3n) is 7.51. The summed E-state index contributed by atoms with van der Waals surface area (Å²) in [6.07, 6.45) is 7.30. The van der Waals surface area contributed by atoms with Crippen molar-refractivity contribution in [2.24, 2.45) is 23.7 Å². The smallest absolute Gasteiger partial charge is 0.222 e. The van der Waals surface area contributed by atoms with E-state index in [0.29, 0.717) is 19.1 Å². The maximum absolute atomic E-state index is 12.8. The molecule has 1 atom stereocenters. The molecule has 0 radical (unpaired) electrons. The van der Waals surface area contributed by atoms with E-state index in [-0.39, 0.29) is 12.0 Å². The Morgan fingerprint density at radius 3 is 2.43 bits per heavy atom. The van der Waals surface area contributed by atoms with Gasteiger partial charge in [0.15, 0.2) is 0 Å². The first-order valence-corrected chi connectivity index (χ1v) is 11.4. The average Bonchev–Trinajstić information content (AvgIpc) is 2.66. The lowest BCUT2D eigenvalue weighted by Crippen LogP contribution is -2.56. The number of hydrogen-bond donors (Lipinski definition) is 1. The van der Waals surface area contributed by atoms with Crippen LogP contribution < -0.4 is 5.32 Å². The first kappa shape index (κ1) is 18.9. The molecule has 152 valence electrons. The zero-order valence-corrected chi connectivity index (χ0v) is 17.2. The Morgan fingerprint density at radius 1 is 1.07 bits per heavy atom. The fourth-order valence-corrected chi connectivity index (χ4v) is 6.63. The minimum Gasteiger partial charge on any atom is -0.375 e.